The zero-order chi connectivity index (χ0) is 14.4. The molecule has 0 aliphatic heterocycles. The van der Waals surface area contributed by atoms with Gasteiger partial charge >= 0.3 is 0 Å². The van der Waals surface area contributed by atoms with Gasteiger partial charge in [-0.15, -0.1) is 11.3 Å². The number of nitrogens with one attached hydrogen (secondary N) is 1. The van der Waals surface area contributed by atoms with Crippen molar-refractivity contribution in [3.05, 3.63) is 40.7 Å². The monoisotopic (exact) mass is 290 g/mol. The number of thiazole rings is 1. The van der Waals surface area contributed by atoms with Crippen LogP contribution >= 0.6 is 11.3 Å². The summed E-state index contributed by atoms with van der Waals surface area (Å²) in [6, 6.07) is 10.1. The lowest BCUT2D eigenvalue weighted by Crippen LogP contribution is -2.32. The maximum absolute atomic E-state index is 10.4. The largest absolute Gasteiger partial charge is 0.390 e. The molecule has 4 heteroatoms. The van der Waals surface area contributed by atoms with E-state index in [0.29, 0.717) is 6.42 Å². The third-order valence-electron chi connectivity index (χ3n) is 3.24. The quantitative estimate of drug-likeness (QED) is 0.770. The van der Waals surface area contributed by atoms with Crippen molar-refractivity contribution in [3.63, 3.8) is 0 Å². The van der Waals surface area contributed by atoms with E-state index >= 15 is 0 Å². The minimum Gasteiger partial charge on any atom is -0.390 e. The number of benzene rings is 1. The zero-order valence-electron chi connectivity index (χ0n) is 12.1. The van der Waals surface area contributed by atoms with Gasteiger partial charge in [0.2, 0.25) is 0 Å². The molecule has 0 fully saturated rings. The van der Waals surface area contributed by atoms with Crippen LogP contribution in [0.15, 0.2) is 35.7 Å². The minimum absolute atomic E-state index is 0.607. The third kappa shape index (κ3) is 4.40. The van der Waals surface area contributed by atoms with E-state index in [0.717, 1.165) is 35.8 Å². The van der Waals surface area contributed by atoms with Crippen LogP contribution in [0, 0.1) is 0 Å². The molecule has 0 spiro atoms. The summed E-state index contributed by atoms with van der Waals surface area (Å²) in [4.78, 5) is 4.63. The third-order valence-corrected chi connectivity index (χ3v) is 4.09. The van der Waals surface area contributed by atoms with Crippen molar-refractivity contribution in [3.8, 4) is 11.3 Å². The molecule has 0 bridgehead atoms. The molecular weight excluding hydrogens is 268 g/mol. The van der Waals surface area contributed by atoms with Gasteiger partial charge in [0.15, 0.2) is 0 Å². The van der Waals surface area contributed by atoms with E-state index in [1.54, 1.807) is 11.3 Å². The van der Waals surface area contributed by atoms with E-state index in [1.165, 1.54) is 0 Å². The van der Waals surface area contributed by atoms with Crippen molar-refractivity contribution in [1.82, 2.24) is 10.3 Å². The predicted octanol–water partition coefficient (Wildman–Crippen LogP) is 3.10. The summed E-state index contributed by atoms with van der Waals surface area (Å²) in [6.07, 6.45) is 1.34. The van der Waals surface area contributed by atoms with Gasteiger partial charge in [-0.25, -0.2) is 4.98 Å². The molecule has 1 aromatic heterocycles. The van der Waals surface area contributed by atoms with E-state index in [1.807, 2.05) is 25.1 Å². The molecule has 20 heavy (non-hydrogen) atoms. The maximum atomic E-state index is 10.4. The average molecular weight is 290 g/mol. The van der Waals surface area contributed by atoms with Gasteiger partial charge < -0.3 is 10.4 Å². The molecule has 1 heterocycles. The topological polar surface area (TPSA) is 45.1 Å². The van der Waals surface area contributed by atoms with Gasteiger partial charge in [-0.1, -0.05) is 37.3 Å². The van der Waals surface area contributed by atoms with Crippen LogP contribution in [0.25, 0.3) is 11.3 Å². The average Bonchev–Trinajstić information content (AvgIpc) is 2.87. The number of rotatable bonds is 7. The van der Waals surface area contributed by atoms with Gasteiger partial charge in [0, 0.05) is 17.4 Å². The first-order chi connectivity index (χ1) is 9.61. The van der Waals surface area contributed by atoms with Crippen molar-refractivity contribution >= 4 is 11.3 Å². The molecule has 1 atom stereocenters. The van der Waals surface area contributed by atoms with Gasteiger partial charge in [-0.2, -0.15) is 0 Å². The van der Waals surface area contributed by atoms with E-state index < -0.39 is 5.60 Å². The van der Waals surface area contributed by atoms with Crippen LogP contribution < -0.4 is 5.32 Å². The first kappa shape index (κ1) is 15.2. The standard InChI is InChI=1S/C16H22N2OS/c1-3-17-10-9-16(2,19)11-15-18-14(12-20-15)13-7-5-4-6-8-13/h4-8,12,17,19H,3,9-11H2,1-2H3. The van der Waals surface area contributed by atoms with Crippen LogP contribution in [-0.4, -0.2) is 28.8 Å². The Kier molecular flexibility index (Phi) is 5.29. The number of hydrogen-bond acceptors (Lipinski definition) is 4. The van der Waals surface area contributed by atoms with E-state index in [-0.39, 0.29) is 0 Å². The van der Waals surface area contributed by atoms with E-state index in [4.69, 9.17) is 0 Å². The lowest BCUT2D eigenvalue weighted by atomic mass is 9.98. The Balaban J connectivity index is 1.99. The second-order valence-corrected chi connectivity index (χ2v) is 6.21. The Labute approximate surface area is 124 Å². The molecule has 0 saturated heterocycles. The number of nitrogens with zero attached hydrogens (tertiary/aromatic N) is 1. The first-order valence-corrected chi connectivity index (χ1v) is 7.91. The fraction of sp³-hybridized carbons (Fsp3) is 0.438. The number of aliphatic hydroxyl groups is 1. The minimum atomic E-state index is -0.700. The van der Waals surface area contributed by atoms with Crippen LogP contribution in [0.2, 0.25) is 0 Å². The van der Waals surface area contributed by atoms with Gasteiger partial charge in [-0.3, -0.25) is 0 Å². The lowest BCUT2D eigenvalue weighted by molar-refractivity contribution is 0.0516. The molecule has 2 rings (SSSR count). The summed E-state index contributed by atoms with van der Waals surface area (Å²) in [5, 5.41) is 16.7. The number of aromatic nitrogens is 1. The van der Waals surface area contributed by atoms with Crippen molar-refractivity contribution in [2.75, 3.05) is 13.1 Å². The van der Waals surface area contributed by atoms with Gasteiger partial charge in [0.1, 0.15) is 0 Å². The molecule has 0 radical (unpaired) electrons. The highest BCUT2D eigenvalue weighted by atomic mass is 32.1. The predicted molar refractivity (Wildman–Crippen MR) is 85.0 cm³/mol. The molecule has 0 amide bonds. The Bertz CT molecular complexity index is 522. The molecule has 2 N–H and O–H groups in total. The summed E-state index contributed by atoms with van der Waals surface area (Å²) >= 11 is 1.62. The summed E-state index contributed by atoms with van der Waals surface area (Å²) in [7, 11) is 0. The van der Waals surface area contributed by atoms with Crippen molar-refractivity contribution in [2.45, 2.75) is 32.3 Å². The van der Waals surface area contributed by atoms with Crippen LogP contribution in [0.3, 0.4) is 0 Å². The highest BCUT2D eigenvalue weighted by molar-refractivity contribution is 7.09. The molecule has 108 valence electrons. The van der Waals surface area contributed by atoms with Crippen LogP contribution in [0.1, 0.15) is 25.3 Å². The summed E-state index contributed by atoms with van der Waals surface area (Å²) in [5.41, 5.74) is 1.42. The Morgan fingerprint density at radius 2 is 2.05 bits per heavy atom. The Morgan fingerprint density at radius 1 is 1.30 bits per heavy atom. The Morgan fingerprint density at radius 3 is 2.75 bits per heavy atom. The van der Waals surface area contributed by atoms with Crippen molar-refractivity contribution in [1.29, 1.82) is 0 Å². The van der Waals surface area contributed by atoms with Crippen molar-refractivity contribution in [2.24, 2.45) is 0 Å². The van der Waals surface area contributed by atoms with E-state index in [9.17, 15) is 5.11 Å². The smallest absolute Gasteiger partial charge is 0.0961 e. The summed E-state index contributed by atoms with van der Waals surface area (Å²) in [5.74, 6) is 0. The SMILES string of the molecule is CCNCCC(C)(O)Cc1nc(-c2ccccc2)cs1. The highest BCUT2D eigenvalue weighted by Gasteiger charge is 2.22. The molecule has 0 saturated carbocycles. The highest BCUT2D eigenvalue weighted by Crippen LogP contribution is 2.25. The summed E-state index contributed by atoms with van der Waals surface area (Å²) in [6.45, 7) is 5.72. The summed E-state index contributed by atoms with van der Waals surface area (Å²) < 4.78 is 0. The molecule has 3 nitrogen and oxygen atoms in total. The van der Waals surface area contributed by atoms with Crippen LogP contribution in [-0.2, 0) is 6.42 Å². The van der Waals surface area contributed by atoms with Gasteiger partial charge in [0.25, 0.3) is 0 Å². The van der Waals surface area contributed by atoms with Crippen molar-refractivity contribution < 1.29 is 5.11 Å². The van der Waals surface area contributed by atoms with E-state index in [2.05, 4.69) is 34.7 Å². The molecule has 0 aliphatic carbocycles. The van der Waals surface area contributed by atoms with Gasteiger partial charge in [0.05, 0.1) is 16.3 Å². The fourth-order valence-corrected chi connectivity index (χ4v) is 3.06. The maximum Gasteiger partial charge on any atom is 0.0961 e. The second-order valence-electron chi connectivity index (χ2n) is 5.27. The lowest BCUT2D eigenvalue weighted by Gasteiger charge is -2.22. The molecule has 1 unspecified atom stereocenters. The van der Waals surface area contributed by atoms with Crippen LogP contribution in [0.5, 0.6) is 0 Å². The first-order valence-electron chi connectivity index (χ1n) is 7.03. The zero-order valence-corrected chi connectivity index (χ0v) is 12.9. The fourth-order valence-electron chi connectivity index (χ4n) is 2.08. The second kappa shape index (κ2) is 6.97. The molecule has 0 aliphatic rings. The molecule has 2 aromatic rings. The normalized spacial score (nSPS) is 14.2. The number of hydrogen-bond donors (Lipinski definition) is 2. The molecular formula is C16H22N2OS. The van der Waals surface area contributed by atoms with Crippen LogP contribution in [0.4, 0.5) is 0 Å². The van der Waals surface area contributed by atoms with Gasteiger partial charge in [-0.05, 0) is 26.4 Å². The molecule has 1 aromatic carbocycles. The Hall–Kier alpha value is -1.23.